The maximum atomic E-state index is 12.7. The van der Waals surface area contributed by atoms with Crippen molar-refractivity contribution in [3.8, 4) is 0 Å². The van der Waals surface area contributed by atoms with E-state index >= 15 is 0 Å². The number of para-hydroxylation sites is 1. The van der Waals surface area contributed by atoms with Gasteiger partial charge in [0, 0.05) is 39.9 Å². The molecule has 4 nitrogen and oxygen atoms in total. The van der Waals surface area contributed by atoms with Crippen molar-refractivity contribution in [3.05, 3.63) is 106 Å². The second kappa shape index (κ2) is 8.77. The Bertz CT molecular complexity index is 1330. The van der Waals surface area contributed by atoms with Crippen molar-refractivity contribution in [1.82, 2.24) is 9.88 Å². The van der Waals surface area contributed by atoms with Crippen molar-refractivity contribution in [2.45, 2.75) is 19.0 Å². The predicted molar refractivity (Wildman–Crippen MR) is 135 cm³/mol. The van der Waals surface area contributed by atoms with Gasteiger partial charge in [0.15, 0.2) is 5.50 Å². The maximum Gasteiger partial charge on any atom is 0.260 e. The van der Waals surface area contributed by atoms with Crippen LogP contribution in [0.25, 0.3) is 17.0 Å². The Morgan fingerprint density at radius 2 is 1.88 bits per heavy atom. The van der Waals surface area contributed by atoms with E-state index in [4.69, 9.17) is 11.6 Å². The quantitative estimate of drug-likeness (QED) is 0.347. The largest absolute Gasteiger partial charge is 0.356 e. The Morgan fingerprint density at radius 3 is 2.69 bits per heavy atom. The summed E-state index contributed by atoms with van der Waals surface area (Å²) in [6.07, 6.45) is 4.11. The first-order valence-electron chi connectivity index (χ1n) is 10.4. The van der Waals surface area contributed by atoms with E-state index in [1.807, 2.05) is 49.4 Å². The monoisotopic (exact) mass is 459 g/mol. The van der Waals surface area contributed by atoms with Crippen molar-refractivity contribution < 1.29 is 4.79 Å². The molecule has 0 radical (unpaired) electrons. The van der Waals surface area contributed by atoms with Crippen LogP contribution in [0, 0.1) is 6.92 Å². The number of carbonyl (C=O) groups is 1. The Hall–Kier alpha value is -3.15. The third kappa shape index (κ3) is 4.27. The molecule has 0 saturated carbocycles. The van der Waals surface area contributed by atoms with Gasteiger partial charge in [0.05, 0.1) is 4.91 Å². The lowest BCUT2D eigenvalue weighted by atomic mass is 10.1. The fourth-order valence-corrected chi connectivity index (χ4v) is 5.13. The van der Waals surface area contributed by atoms with Crippen molar-refractivity contribution in [2.24, 2.45) is 0 Å². The summed E-state index contributed by atoms with van der Waals surface area (Å²) in [4.78, 5) is 13.4. The minimum absolute atomic E-state index is 0.0704. The second-order valence-corrected chi connectivity index (χ2v) is 9.38. The highest BCUT2D eigenvalue weighted by Crippen LogP contribution is 2.33. The molecule has 2 heterocycles. The second-order valence-electron chi connectivity index (χ2n) is 7.80. The first-order chi connectivity index (χ1) is 15.6. The zero-order valence-electron chi connectivity index (χ0n) is 17.5. The van der Waals surface area contributed by atoms with E-state index in [2.05, 4.69) is 57.8 Å². The Morgan fingerprint density at radius 1 is 1.09 bits per heavy atom. The maximum absolute atomic E-state index is 12.7. The first-order valence-corrected chi connectivity index (χ1v) is 11.7. The molecule has 1 unspecified atom stereocenters. The average molecular weight is 460 g/mol. The zero-order valence-corrected chi connectivity index (χ0v) is 19.1. The van der Waals surface area contributed by atoms with Crippen molar-refractivity contribution in [3.63, 3.8) is 0 Å². The van der Waals surface area contributed by atoms with Crippen LogP contribution in [-0.2, 0) is 11.3 Å². The number of aryl methyl sites for hydroxylation is 1. The van der Waals surface area contributed by atoms with Gasteiger partial charge >= 0.3 is 0 Å². The third-order valence-corrected chi connectivity index (χ3v) is 6.77. The molecule has 2 N–H and O–H groups in total. The minimum atomic E-state index is -0.230. The highest BCUT2D eigenvalue weighted by molar-refractivity contribution is 8.05. The van der Waals surface area contributed by atoms with Gasteiger partial charge in [-0.05, 0) is 48.4 Å². The number of benzene rings is 3. The Balaban J connectivity index is 1.42. The van der Waals surface area contributed by atoms with Crippen LogP contribution in [-0.4, -0.2) is 16.0 Å². The molecule has 3 aromatic carbocycles. The van der Waals surface area contributed by atoms with Crippen LogP contribution in [0.5, 0.6) is 0 Å². The molecule has 4 aromatic rings. The molecule has 1 atom stereocenters. The molecule has 0 aliphatic carbocycles. The lowest BCUT2D eigenvalue weighted by molar-refractivity contribution is -0.116. The first kappa shape index (κ1) is 20.7. The summed E-state index contributed by atoms with van der Waals surface area (Å²) < 4.78 is 2.24. The van der Waals surface area contributed by atoms with Gasteiger partial charge < -0.3 is 15.2 Å². The van der Waals surface area contributed by atoms with Crippen molar-refractivity contribution >= 4 is 51.9 Å². The van der Waals surface area contributed by atoms with Crippen LogP contribution in [0.1, 0.15) is 16.7 Å². The van der Waals surface area contributed by atoms with Crippen LogP contribution in [0.2, 0.25) is 5.02 Å². The van der Waals surface area contributed by atoms with Gasteiger partial charge in [-0.15, -0.1) is 0 Å². The molecule has 5 rings (SSSR count). The van der Waals surface area contributed by atoms with Crippen LogP contribution in [0.3, 0.4) is 0 Å². The van der Waals surface area contributed by atoms with Crippen LogP contribution in [0.4, 0.5) is 5.69 Å². The van der Waals surface area contributed by atoms with Gasteiger partial charge in [-0.1, -0.05) is 71.9 Å². The molecular formula is C26H22ClN3OS. The lowest BCUT2D eigenvalue weighted by Gasteiger charge is -2.14. The number of carbonyl (C=O) groups excluding carboxylic acids is 1. The Labute approximate surface area is 196 Å². The number of nitrogens with one attached hydrogen (secondary N) is 2. The standard InChI is InChI=1S/C26H22ClN3OS/c1-17-13-20(27)11-12-22(17)28-26-29-25(31)24(32-26)14-19-16-30(15-18-7-3-2-4-8-18)23-10-6-5-9-21(19)23/h2-14,16,26,28H,15H2,1H3,(H,29,31)/b24-14-. The molecule has 0 bridgehead atoms. The fraction of sp³-hybridized carbons (Fsp3) is 0.115. The summed E-state index contributed by atoms with van der Waals surface area (Å²) in [5.41, 5.74) is 5.19. The van der Waals surface area contributed by atoms with E-state index in [0.717, 1.165) is 34.3 Å². The molecule has 1 aromatic heterocycles. The van der Waals surface area contributed by atoms with E-state index in [1.165, 1.54) is 17.3 Å². The molecule has 1 aliphatic heterocycles. The lowest BCUT2D eigenvalue weighted by Crippen LogP contribution is -2.31. The van der Waals surface area contributed by atoms with Gasteiger partial charge in [0.25, 0.3) is 5.91 Å². The number of thioether (sulfide) groups is 1. The van der Waals surface area contributed by atoms with Crippen LogP contribution >= 0.6 is 23.4 Å². The summed E-state index contributed by atoms with van der Waals surface area (Å²) in [7, 11) is 0. The SMILES string of the molecule is Cc1cc(Cl)ccc1NC1NC(=O)/C(=C/c2cn(Cc3ccccc3)c3ccccc23)S1. The zero-order chi connectivity index (χ0) is 22.1. The number of halogens is 1. The number of aromatic nitrogens is 1. The highest BCUT2D eigenvalue weighted by atomic mass is 35.5. The van der Waals surface area contributed by atoms with E-state index in [0.29, 0.717) is 9.93 Å². The van der Waals surface area contributed by atoms with Crippen molar-refractivity contribution in [2.75, 3.05) is 5.32 Å². The highest BCUT2D eigenvalue weighted by Gasteiger charge is 2.27. The van der Waals surface area contributed by atoms with Gasteiger partial charge in [-0.2, -0.15) is 0 Å². The summed E-state index contributed by atoms with van der Waals surface area (Å²) in [5.74, 6) is -0.0704. The summed E-state index contributed by atoms with van der Waals surface area (Å²) in [6.45, 7) is 2.78. The predicted octanol–water partition coefficient (Wildman–Crippen LogP) is 6.25. The van der Waals surface area contributed by atoms with Crippen LogP contribution < -0.4 is 10.6 Å². The number of hydrogen-bond acceptors (Lipinski definition) is 3. The molecule has 1 amide bonds. The van der Waals surface area contributed by atoms with Gasteiger partial charge in [-0.3, -0.25) is 4.79 Å². The topological polar surface area (TPSA) is 46.1 Å². The van der Waals surface area contributed by atoms with Crippen LogP contribution in [0.15, 0.2) is 83.9 Å². The number of rotatable bonds is 5. The third-order valence-electron chi connectivity index (χ3n) is 5.51. The smallest absolute Gasteiger partial charge is 0.260 e. The average Bonchev–Trinajstić information content (AvgIpc) is 3.31. The summed E-state index contributed by atoms with van der Waals surface area (Å²) in [6, 6.07) is 24.4. The molecule has 1 fully saturated rings. The summed E-state index contributed by atoms with van der Waals surface area (Å²) in [5, 5.41) is 8.23. The molecule has 0 spiro atoms. The molecule has 32 heavy (non-hydrogen) atoms. The number of fused-ring (bicyclic) bond motifs is 1. The Kier molecular flexibility index (Phi) is 5.68. The van der Waals surface area contributed by atoms with Crippen molar-refractivity contribution in [1.29, 1.82) is 0 Å². The molecular weight excluding hydrogens is 438 g/mol. The number of amides is 1. The fourth-order valence-electron chi connectivity index (χ4n) is 3.94. The molecule has 1 aliphatic rings. The van der Waals surface area contributed by atoms with E-state index < -0.39 is 0 Å². The van der Waals surface area contributed by atoms with Gasteiger partial charge in [0.1, 0.15) is 0 Å². The van der Waals surface area contributed by atoms with E-state index in [1.54, 1.807) is 0 Å². The minimum Gasteiger partial charge on any atom is -0.356 e. The summed E-state index contributed by atoms with van der Waals surface area (Å²) >= 11 is 7.55. The number of hydrogen-bond donors (Lipinski definition) is 2. The van der Waals surface area contributed by atoms with Gasteiger partial charge in [-0.25, -0.2) is 0 Å². The van der Waals surface area contributed by atoms with Gasteiger partial charge in [0.2, 0.25) is 0 Å². The molecule has 1 saturated heterocycles. The molecule has 6 heteroatoms. The van der Waals surface area contributed by atoms with E-state index in [-0.39, 0.29) is 11.4 Å². The number of nitrogens with zero attached hydrogens (tertiary/aromatic N) is 1. The normalized spacial score (nSPS) is 17.1. The molecule has 160 valence electrons. The van der Waals surface area contributed by atoms with E-state index in [9.17, 15) is 4.79 Å². The number of anilines is 1.